The van der Waals surface area contributed by atoms with Crippen LogP contribution < -0.4 is 0 Å². The van der Waals surface area contributed by atoms with E-state index >= 15 is 0 Å². The number of carbonyl (C=O) groups excluding carboxylic acids is 4. The summed E-state index contributed by atoms with van der Waals surface area (Å²) in [6, 6.07) is 0. The van der Waals surface area contributed by atoms with Gasteiger partial charge in [-0.25, -0.2) is 9.59 Å². The van der Waals surface area contributed by atoms with Crippen molar-refractivity contribution in [2.24, 2.45) is 29.6 Å². The van der Waals surface area contributed by atoms with Gasteiger partial charge in [0.1, 0.15) is 12.9 Å². The lowest BCUT2D eigenvalue weighted by Gasteiger charge is -2.37. The fourth-order valence-corrected chi connectivity index (χ4v) is 11.7. The molecule has 0 radical (unpaired) electrons. The quantitative estimate of drug-likeness (QED) is 0.0203. The highest BCUT2D eigenvalue weighted by Crippen LogP contribution is 2.40. The van der Waals surface area contributed by atoms with Gasteiger partial charge in [-0.15, -0.1) is 0 Å². The van der Waals surface area contributed by atoms with E-state index in [4.69, 9.17) is 37.9 Å². The maximum absolute atomic E-state index is 13.0. The van der Waals surface area contributed by atoms with E-state index < -0.39 is 0 Å². The van der Waals surface area contributed by atoms with Gasteiger partial charge in [-0.2, -0.15) is 0 Å². The molecule has 0 bridgehead atoms. The minimum Gasteiger partial charge on any atom is -0.465 e. The van der Waals surface area contributed by atoms with E-state index in [1.807, 2.05) is 0 Å². The molecular weight excluding hydrogens is 877 g/mol. The van der Waals surface area contributed by atoms with Crippen molar-refractivity contribution in [1.82, 2.24) is 0 Å². The fraction of sp³-hybridized carbons (Fsp3) is 0.860. The van der Waals surface area contributed by atoms with Crippen LogP contribution in [0.3, 0.4) is 0 Å². The highest BCUT2D eigenvalue weighted by atomic mass is 16.7. The van der Waals surface area contributed by atoms with E-state index in [1.165, 1.54) is 63.5 Å². The molecule has 0 spiro atoms. The van der Waals surface area contributed by atoms with E-state index in [0.29, 0.717) is 50.8 Å². The fourth-order valence-electron chi connectivity index (χ4n) is 11.7. The topological polar surface area (TPSA) is 142 Å². The van der Waals surface area contributed by atoms with Gasteiger partial charge >= 0.3 is 23.9 Å². The molecule has 5 rings (SSSR count). The van der Waals surface area contributed by atoms with E-state index in [-0.39, 0.29) is 47.9 Å². The number of hydrogen-bond donors (Lipinski definition) is 0. The van der Waals surface area contributed by atoms with Gasteiger partial charge in [0.05, 0.1) is 56.1 Å². The molecule has 0 N–H and O–H groups in total. The second kappa shape index (κ2) is 34.5. The van der Waals surface area contributed by atoms with Crippen LogP contribution >= 0.6 is 0 Å². The van der Waals surface area contributed by atoms with Crippen LogP contribution in [0.25, 0.3) is 0 Å². The molecule has 12 nitrogen and oxygen atoms in total. The minimum absolute atomic E-state index is 0.0123. The first-order valence-corrected chi connectivity index (χ1v) is 28.2. The van der Waals surface area contributed by atoms with Crippen LogP contribution in [0.2, 0.25) is 0 Å². The van der Waals surface area contributed by atoms with Gasteiger partial charge in [0.15, 0.2) is 0 Å². The van der Waals surface area contributed by atoms with Crippen LogP contribution in [-0.2, 0) is 57.1 Å². The number of ether oxygens (including phenoxy) is 8. The van der Waals surface area contributed by atoms with Crippen molar-refractivity contribution in [3.8, 4) is 0 Å². The van der Waals surface area contributed by atoms with E-state index in [9.17, 15) is 19.2 Å². The highest BCUT2D eigenvalue weighted by Gasteiger charge is 2.34. The monoisotopic (exact) mass is 971 g/mol. The Morgan fingerprint density at radius 1 is 0.362 bits per heavy atom. The number of unbranched alkanes of at least 4 members (excludes halogenated alkanes) is 9. The summed E-state index contributed by atoms with van der Waals surface area (Å²) in [5, 5.41) is 0. The average Bonchev–Trinajstić information content (AvgIpc) is 3.38. The summed E-state index contributed by atoms with van der Waals surface area (Å²) in [7, 11) is 0. The molecule has 69 heavy (non-hydrogen) atoms. The Bertz CT molecular complexity index is 1430. The van der Waals surface area contributed by atoms with Gasteiger partial charge in [0.2, 0.25) is 0 Å². The standard InChI is InChI=1S/C57H94O12/c1-3-54(58)64-40-14-6-5-11-17-44-18-20-48(21-19-44)57(61)69-53-32-26-47(27-33-53)56(60)66-42-16-10-8-13-38-62-49-28-22-45(23-29-49)46-24-30-51(31-25-46)67-43-68-52-36-34-50(35-37-52)63-39-12-7-9-15-41-65-55(59)4-2/h3-4,44-53H,1-2,5-43H2. The minimum atomic E-state index is -0.351. The Morgan fingerprint density at radius 3 is 1.19 bits per heavy atom. The molecule has 0 aromatic heterocycles. The Morgan fingerprint density at radius 2 is 0.725 bits per heavy atom. The molecule has 0 aliphatic heterocycles. The molecule has 0 heterocycles. The molecule has 394 valence electrons. The summed E-state index contributed by atoms with van der Waals surface area (Å²) in [5.74, 6) is 1.45. The van der Waals surface area contributed by atoms with Crippen molar-refractivity contribution >= 4 is 23.9 Å². The molecular formula is C57H94O12. The molecule has 0 saturated heterocycles. The highest BCUT2D eigenvalue weighted by molar-refractivity contribution is 5.81. The zero-order valence-corrected chi connectivity index (χ0v) is 42.8. The normalized spacial score (nSPS) is 28.5. The average molecular weight is 971 g/mol. The second-order valence-corrected chi connectivity index (χ2v) is 21.2. The van der Waals surface area contributed by atoms with E-state index in [1.54, 1.807) is 0 Å². The SMILES string of the molecule is C=CC(=O)OCCCCCCOC1CCC(OCOC2CCC(C3CCC(OCCCCCCOC(=O)C4CCC(OC(=O)C5CCC(CCCCCCOC(=O)C=C)CC5)CC4)CC3)CC2)CC1. The van der Waals surface area contributed by atoms with Gasteiger partial charge < -0.3 is 37.9 Å². The third-order valence-corrected chi connectivity index (χ3v) is 16.2. The summed E-state index contributed by atoms with van der Waals surface area (Å²) in [4.78, 5) is 48.0. The van der Waals surface area contributed by atoms with Gasteiger partial charge in [-0.05, 0) is 191 Å². The summed E-state index contributed by atoms with van der Waals surface area (Å²) in [6.07, 6.45) is 38.3. The molecule has 0 aromatic rings. The lowest BCUT2D eigenvalue weighted by Crippen LogP contribution is -2.32. The van der Waals surface area contributed by atoms with Crippen molar-refractivity contribution in [3.63, 3.8) is 0 Å². The molecule has 0 aromatic carbocycles. The molecule has 0 atom stereocenters. The maximum atomic E-state index is 13.0. The van der Waals surface area contributed by atoms with Gasteiger partial charge in [0.25, 0.3) is 0 Å². The Kier molecular flexibility index (Phi) is 28.6. The number of esters is 4. The summed E-state index contributed by atoms with van der Waals surface area (Å²) in [5.41, 5.74) is 0. The molecule has 5 aliphatic rings. The predicted molar refractivity (Wildman–Crippen MR) is 267 cm³/mol. The van der Waals surface area contributed by atoms with Crippen LogP contribution in [0.4, 0.5) is 0 Å². The van der Waals surface area contributed by atoms with Gasteiger partial charge in [0, 0.05) is 25.4 Å². The van der Waals surface area contributed by atoms with Gasteiger partial charge in [-0.3, -0.25) is 9.59 Å². The van der Waals surface area contributed by atoms with E-state index in [0.717, 1.165) is 186 Å². The van der Waals surface area contributed by atoms with Crippen LogP contribution in [-0.4, -0.2) is 94.2 Å². The van der Waals surface area contributed by atoms with Crippen LogP contribution in [0.1, 0.15) is 212 Å². The predicted octanol–water partition coefficient (Wildman–Crippen LogP) is 12.4. The maximum Gasteiger partial charge on any atom is 0.330 e. The first kappa shape index (κ1) is 57.1. The largest absolute Gasteiger partial charge is 0.465 e. The number of rotatable bonds is 33. The van der Waals surface area contributed by atoms with Crippen molar-refractivity contribution in [2.45, 2.75) is 242 Å². The number of carbonyl (C=O) groups is 4. The first-order valence-electron chi connectivity index (χ1n) is 28.2. The van der Waals surface area contributed by atoms with Crippen molar-refractivity contribution in [1.29, 1.82) is 0 Å². The second-order valence-electron chi connectivity index (χ2n) is 21.2. The molecule has 5 aliphatic carbocycles. The lowest BCUT2D eigenvalue weighted by atomic mass is 9.72. The van der Waals surface area contributed by atoms with Crippen molar-refractivity contribution in [3.05, 3.63) is 25.3 Å². The lowest BCUT2D eigenvalue weighted by molar-refractivity contribution is -0.159. The summed E-state index contributed by atoms with van der Waals surface area (Å²) >= 11 is 0. The van der Waals surface area contributed by atoms with Crippen LogP contribution in [0, 0.1) is 29.6 Å². The zero-order chi connectivity index (χ0) is 48.7. The molecule has 12 heteroatoms. The Balaban J connectivity index is 0.763. The zero-order valence-electron chi connectivity index (χ0n) is 42.8. The van der Waals surface area contributed by atoms with Crippen LogP contribution in [0.5, 0.6) is 0 Å². The first-order chi connectivity index (χ1) is 33.8. The Hall–Kier alpha value is -2.80. The summed E-state index contributed by atoms with van der Waals surface area (Å²) < 4.78 is 46.5. The smallest absolute Gasteiger partial charge is 0.330 e. The molecule has 0 unspecified atom stereocenters. The van der Waals surface area contributed by atoms with Crippen LogP contribution in [0.15, 0.2) is 25.3 Å². The molecule has 5 saturated carbocycles. The van der Waals surface area contributed by atoms with E-state index in [2.05, 4.69) is 13.2 Å². The van der Waals surface area contributed by atoms with Gasteiger partial charge in [-0.1, -0.05) is 51.7 Å². The molecule has 5 fully saturated rings. The third-order valence-electron chi connectivity index (χ3n) is 16.2. The summed E-state index contributed by atoms with van der Waals surface area (Å²) in [6.45, 7) is 10.3. The molecule has 0 amide bonds. The third kappa shape index (κ3) is 23.5. The Labute approximate surface area is 416 Å². The van der Waals surface area contributed by atoms with Crippen molar-refractivity contribution < 1.29 is 57.1 Å². The van der Waals surface area contributed by atoms with Crippen molar-refractivity contribution in [2.75, 3.05) is 39.8 Å². The number of hydrogen-bond acceptors (Lipinski definition) is 12.